The number of ether oxygens (including phenoxy) is 2. The molecule has 1 atom stereocenters. The highest BCUT2D eigenvalue weighted by Crippen LogP contribution is 2.34. The van der Waals surface area contributed by atoms with Gasteiger partial charge in [-0.1, -0.05) is 15.9 Å². The molecule has 0 bridgehead atoms. The predicted molar refractivity (Wildman–Crippen MR) is 79.1 cm³/mol. The van der Waals surface area contributed by atoms with Crippen LogP contribution in [0.25, 0.3) is 5.57 Å². The number of benzene rings is 1. The first-order valence-electron chi connectivity index (χ1n) is 6.38. The van der Waals surface area contributed by atoms with Crippen molar-refractivity contribution in [2.75, 3.05) is 11.9 Å². The fraction of sp³-hybridized carbons (Fsp3) is 0.400. The molecule has 4 heteroatoms. The van der Waals surface area contributed by atoms with Crippen molar-refractivity contribution in [1.82, 2.24) is 0 Å². The molecule has 1 heterocycles. The third-order valence-corrected chi connectivity index (χ3v) is 3.55. The van der Waals surface area contributed by atoms with Gasteiger partial charge in [0.2, 0.25) is 0 Å². The minimum Gasteiger partial charge on any atom is -0.493 e. The fourth-order valence-corrected chi connectivity index (χ4v) is 2.38. The molecule has 0 fully saturated rings. The molecule has 0 aliphatic carbocycles. The summed E-state index contributed by atoms with van der Waals surface area (Å²) in [7, 11) is 0. The highest BCUT2D eigenvalue weighted by Gasteiger charge is 2.18. The third-order valence-electron chi connectivity index (χ3n) is 2.99. The Labute approximate surface area is 121 Å². The van der Waals surface area contributed by atoms with Crippen LogP contribution in [0.4, 0.5) is 0 Å². The number of rotatable bonds is 6. The highest BCUT2D eigenvalue weighted by atomic mass is 79.9. The van der Waals surface area contributed by atoms with E-state index in [9.17, 15) is 4.79 Å². The second kappa shape index (κ2) is 6.75. The largest absolute Gasteiger partial charge is 0.493 e. The van der Waals surface area contributed by atoms with E-state index in [-0.39, 0.29) is 0 Å². The first-order chi connectivity index (χ1) is 9.24. The molecule has 0 radical (unpaired) electrons. The molecule has 0 N–H and O–H groups in total. The van der Waals surface area contributed by atoms with Gasteiger partial charge in [-0.2, -0.15) is 0 Å². The lowest BCUT2D eigenvalue weighted by Crippen LogP contribution is -2.19. The van der Waals surface area contributed by atoms with Crippen molar-refractivity contribution in [3.63, 3.8) is 0 Å². The zero-order valence-electron chi connectivity index (χ0n) is 10.9. The van der Waals surface area contributed by atoms with E-state index in [2.05, 4.69) is 15.9 Å². The molecule has 1 aliphatic heterocycles. The molecule has 0 saturated heterocycles. The van der Waals surface area contributed by atoms with Crippen LogP contribution in [0.5, 0.6) is 11.5 Å². The van der Waals surface area contributed by atoms with Crippen molar-refractivity contribution in [3.05, 3.63) is 29.8 Å². The molecule has 0 aromatic heterocycles. The van der Waals surface area contributed by atoms with Crippen LogP contribution < -0.4 is 9.47 Å². The van der Waals surface area contributed by atoms with Gasteiger partial charge >= 0.3 is 0 Å². The van der Waals surface area contributed by atoms with Crippen LogP contribution >= 0.6 is 15.9 Å². The molecule has 0 saturated carbocycles. The van der Waals surface area contributed by atoms with Crippen LogP contribution in [0.1, 0.15) is 25.3 Å². The molecule has 1 aromatic rings. The highest BCUT2D eigenvalue weighted by molar-refractivity contribution is 9.09. The van der Waals surface area contributed by atoms with Gasteiger partial charge in [-0.3, -0.25) is 4.79 Å². The lowest BCUT2D eigenvalue weighted by Gasteiger charge is -2.21. The molecule has 3 nitrogen and oxygen atoms in total. The number of halogens is 1. The lowest BCUT2D eigenvalue weighted by atomic mass is 10.0. The minimum atomic E-state index is -0.490. The summed E-state index contributed by atoms with van der Waals surface area (Å²) in [6.07, 6.45) is 4.24. The van der Waals surface area contributed by atoms with Crippen LogP contribution in [-0.2, 0) is 4.79 Å². The van der Waals surface area contributed by atoms with Gasteiger partial charge in [0.1, 0.15) is 11.5 Å². The maximum Gasteiger partial charge on any atom is 0.172 e. The standard InChI is InChI=1S/C15H17BrO3/c1-11-8-13(10-17)19-15-9-12(4-5-14(11)15)18-7-3-2-6-16/h4-5,8-10,13H,2-3,6-7H2,1H3. The molecule has 1 aromatic carbocycles. The number of carbonyl (C=O) groups is 1. The second-order valence-electron chi connectivity index (χ2n) is 4.47. The first-order valence-corrected chi connectivity index (χ1v) is 7.50. The topological polar surface area (TPSA) is 35.5 Å². The quantitative estimate of drug-likeness (QED) is 0.455. The maximum atomic E-state index is 10.8. The van der Waals surface area contributed by atoms with Gasteiger partial charge < -0.3 is 9.47 Å². The fourth-order valence-electron chi connectivity index (χ4n) is 1.99. The Bertz CT molecular complexity index is 482. The summed E-state index contributed by atoms with van der Waals surface area (Å²) in [5.41, 5.74) is 2.08. The second-order valence-corrected chi connectivity index (χ2v) is 5.26. The number of hydrogen-bond acceptors (Lipinski definition) is 3. The van der Waals surface area contributed by atoms with Crippen molar-refractivity contribution < 1.29 is 14.3 Å². The van der Waals surface area contributed by atoms with Crippen LogP contribution in [0.2, 0.25) is 0 Å². The van der Waals surface area contributed by atoms with Crippen LogP contribution in [0.3, 0.4) is 0 Å². The monoisotopic (exact) mass is 324 g/mol. The van der Waals surface area contributed by atoms with E-state index in [0.717, 1.165) is 47.1 Å². The Morgan fingerprint density at radius 3 is 3.00 bits per heavy atom. The van der Waals surface area contributed by atoms with E-state index in [1.807, 2.05) is 31.2 Å². The first kappa shape index (κ1) is 14.1. The third kappa shape index (κ3) is 3.60. The summed E-state index contributed by atoms with van der Waals surface area (Å²) in [5.74, 6) is 1.50. The van der Waals surface area contributed by atoms with Gasteiger partial charge in [0.05, 0.1) is 6.61 Å². The van der Waals surface area contributed by atoms with E-state index in [1.165, 1.54) is 0 Å². The molecule has 0 amide bonds. The number of carbonyl (C=O) groups excluding carboxylic acids is 1. The Hall–Kier alpha value is -1.29. The smallest absolute Gasteiger partial charge is 0.172 e. The summed E-state index contributed by atoms with van der Waals surface area (Å²) in [4.78, 5) is 10.8. The number of aldehydes is 1. The van der Waals surface area contributed by atoms with Gasteiger partial charge in [-0.25, -0.2) is 0 Å². The summed E-state index contributed by atoms with van der Waals surface area (Å²) >= 11 is 3.39. The minimum absolute atomic E-state index is 0.490. The molecule has 1 aliphatic rings. The van der Waals surface area contributed by atoms with Crippen molar-refractivity contribution in [2.24, 2.45) is 0 Å². The number of allylic oxidation sites excluding steroid dienone is 1. The lowest BCUT2D eigenvalue weighted by molar-refractivity contribution is -0.112. The average Bonchev–Trinajstić information content (AvgIpc) is 2.43. The van der Waals surface area contributed by atoms with E-state index in [1.54, 1.807) is 0 Å². The molecule has 19 heavy (non-hydrogen) atoms. The van der Waals surface area contributed by atoms with Crippen LogP contribution in [0.15, 0.2) is 24.3 Å². The molecular formula is C15H17BrO3. The van der Waals surface area contributed by atoms with Crippen LogP contribution in [0, 0.1) is 0 Å². The Morgan fingerprint density at radius 1 is 1.42 bits per heavy atom. The summed E-state index contributed by atoms with van der Waals surface area (Å²) in [6.45, 7) is 2.67. The number of fused-ring (bicyclic) bond motifs is 1. The summed E-state index contributed by atoms with van der Waals surface area (Å²) < 4.78 is 11.3. The number of unbranched alkanes of at least 4 members (excludes halogenated alkanes) is 1. The van der Waals surface area contributed by atoms with Gasteiger partial charge in [0, 0.05) is 17.0 Å². The van der Waals surface area contributed by atoms with E-state index < -0.39 is 6.10 Å². The van der Waals surface area contributed by atoms with E-state index in [4.69, 9.17) is 9.47 Å². The van der Waals surface area contributed by atoms with E-state index in [0.29, 0.717) is 6.61 Å². The zero-order valence-corrected chi connectivity index (χ0v) is 12.5. The normalized spacial score (nSPS) is 17.2. The van der Waals surface area contributed by atoms with Crippen molar-refractivity contribution in [3.8, 4) is 11.5 Å². The number of hydrogen-bond donors (Lipinski definition) is 0. The molecule has 0 spiro atoms. The number of alkyl halides is 1. The van der Waals surface area contributed by atoms with Crippen molar-refractivity contribution in [2.45, 2.75) is 25.9 Å². The SMILES string of the molecule is CC1=CC(C=O)Oc2cc(OCCCCBr)ccc21. The van der Waals surface area contributed by atoms with Gasteiger partial charge in [-0.05, 0) is 43.5 Å². The molecule has 1 unspecified atom stereocenters. The summed E-state index contributed by atoms with van der Waals surface area (Å²) in [5, 5.41) is 0.995. The Kier molecular flexibility index (Phi) is 5.02. The van der Waals surface area contributed by atoms with Crippen LogP contribution in [-0.4, -0.2) is 24.3 Å². The van der Waals surface area contributed by atoms with Crippen molar-refractivity contribution >= 4 is 27.8 Å². The van der Waals surface area contributed by atoms with Crippen molar-refractivity contribution in [1.29, 1.82) is 0 Å². The zero-order chi connectivity index (χ0) is 13.7. The van der Waals surface area contributed by atoms with E-state index >= 15 is 0 Å². The Balaban J connectivity index is 2.07. The molecule has 2 rings (SSSR count). The van der Waals surface area contributed by atoms with Gasteiger partial charge in [0.15, 0.2) is 12.4 Å². The molecule has 102 valence electrons. The molecular weight excluding hydrogens is 308 g/mol. The maximum absolute atomic E-state index is 10.8. The average molecular weight is 325 g/mol. The summed E-state index contributed by atoms with van der Waals surface area (Å²) in [6, 6.07) is 5.77. The van der Waals surface area contributed by atoms with Gasteiger partial charge in [0.25, 0.3) is 0 Å². The van der Waals surface area contributed by atoms with Gasteiger partial charge in [-0.15, -0.1) is 0 Å². The predicted octanol–water partition coefficient (Wildman–Crippen LogP) is 3.60. The Morgan fingerprint density at radius 2 is 2.26 bits per heavy atom.